The molecule has 1 heterocycles. The average molecular weight is 273 g/mol. The minimum absolute atomic E-state index is 0.103. The molecule has 0 saturated heterocycles. The van der Waals surface area contributed by atoms with Crippen molar-refractivity contribution in [1.82, 2.24) is 9.88 Å². The zero-order valence-corrected chi connectivity index (χ0v) is 12.3. The number of fused-ring (bicyclic) bond motifs is 2. The van der Waals surface area contributed by atoms with Crippen LogP contribution < -0.4 is 5.32 Å². The topological polar surface area (TPSA) is 45.2 Å². The summed E-state index contributed by atoms with van der Waals surface area (Å²) in [5.41, 5.74) is 0.718. The zero-order chi connectivity index (χ0) is 14.1. The first-order valence-electron chi connectivity index (χ1n) is 7.56. The van der Waals surface area contributed by atoms with Gasteiger partial charge in [0.15, 0.2) is 0 Å². The average Bonchev–Trinajstić information content (AvgIpc) is 3.09. The van der Waals surface area contributed by atoms with Gasteiger partial charge in [0.05, 0.1) is 0 Å². The van der Waals surface area contributed by atoms with Crippen LogP contribution >= 0.6 is 0 Å². The number of nitrogens with one attached hydrogen (secondary N) is 1. The Bertz CT molecular complexity index is 502. The highest BCUT2D eigenvalue weighted by Gasteiger charge is 2.40. The molecular formula is C16H23N3O. The molecule has 3 rings (SSSR count). The van der Waals surface area contributed by atoms with Gasteiger partial charge in [0.2, 0.25) is 0 Å². The fourth-order valence-corrected chi connectivity index (χ4v) is 3.96. The summed E-state index contributed by atoms with van der Waals surface area (Å²) in [7, 11) is 3.74. The lowest BCUT2D eigenvalue weighted by Crippen LogP contribution is -2.33. The van der Waals surface area contributed by atoms with Crippen molar-refractivity contribution in [1.29, 1.82) is 0 Å². The van der Waals surface area contributed by atoms with Gasteiger partial charge in [0.1, 0.15) is 5.82 Å². The number of anilines is 1. The second kappa shape index (κ2) is 5.43. The minimum atomic E-state index is 0.103. The van der Waals surface area contributed by atoms with E-state index in [0.29, 0.717) is 5.92 Å². The number of amides is 1. The van der Waals surface area contributed by atoms with Gasteiger partial charge in [0, 0.05) is 32.4 Å². The second-order valence-corrected chi connectivity index (χ2v) is 6.30. The number of carbonyl (C=O) groups is 1. The number of hydrogen-bond acceptors (Lipinski definition) is 3. The molecule has 20 heavy (non-hydrogen) atoms. The highest BCUT2D eigenvalue weighted by atomic mass is 16.2. The van der Waals surface area contributed by atoms with Crippen LogP contribution in [0.15, 0.2) is 18.3 Å². The molecule has 0 aromatic carbocycles. The number of nitrogens with zero attached hydrogens (tertiary/aromatic N) is 2. The van der Waals surface area contributed by atoms with E-state index in [1.54, 1.807) is 12.3 Å². The van der Waals surface area contributed by atoms with E-state index in [0.717, 1.165) is 29.8 Å². The van der Waals surface area contributed by atoms with Gasteiger partial charge in [-0.1, -0.05) is 6.42 Å². The maximum Gasteiger partial charge on any atom is 0.253 e. The lowest BCUT2D eigenvalue weighted by molar-refractivity contribution is 0.0754. The standard InChI is InChI=1S/C16H23N3O/c1-17-15-9-13(5-6-18-15)16(20)19(2)10-14-8-11-3-4-12(14)7-11/h5-6,9,11-12,14H,3-4,7-8,10H2,1-2H3,(H,17,18). The fourth-order valence-electron chi connectivity index (χ4n) is 3.96. The van der Waals surface area contributed by atoms with Gasteiger partial charge in [-0.05, 0) is 49.1 Å². The maximum atomic E-state index is 12.5. The monoisotopic (exact) mass is 273 g/mol. The number of pyridine rings is 1. The molecule has 1 aromatic rings. The van der Waals surface area contributed by atoms with Crippen LogP contribution in [0.1, 0.15) is 36.0 Å². The van der Waals surface area contributed by atoms with Crippen LogP contribution in [-0.4, -0.2) is 36.4 Å². The Morgan fingerprint density at radius 2 is 2.30 bits per heavy atom. The highest BCUT2D eigenvalue weighted by molar-refractivity contribution is 5.94. The SMILES string of the molecule is CNc1cc(C(=O)N(C)CC2CC3CCC2C3)ccn1. The van der Waals surface area contributed by atoms with Crippen LogP contribution in [-0.2, 0) is 0 Å². The van der Waals surface area contributed by atoms with Gasteiger partial charge >= 0.3 is 0 Å². The predicted molar refractivity (Wildman–Crippen MR) is 79.7 cm³/mol. The van der Waals surface area contributed by atoms with Crippen molar-refractivity contribution in [3.8, 4) is 0 Å². The normalized spacial score (nSPS) is 27.6. The number of rotatable bonds is 4. The molecule has 1 N–H and O–H groups in total. The van der Waals surface area contributed by atoms with E-state index in [2.05, 4.69) is 10.3 Å². The van der Waals surface area contributed by atoms with Gasteiger partial charge in [0.25, 0.3) is 5.91 Å². The molecule has 2 aliphatic carbocycles. The predicted octanol–water partition coefficient (Wildman–Crippen LogP) is 2.63. The van der Waals surface area contributed by atoms with Crippen LogP contribution in [0.5, 0.6) is 0 Å². The van der Waals surface area contributed by atoms with Crippen molar-refractivity contribution < 1.29 is 4.79 Å². The van der Waals surface area contributed by atoms with Gasteiger partial charge in [-0.15, -0.1) is 0 Å². The van der Waals surface area contributed by atoms with Gasteiger partial charge in [-0.25, -0.2) is 4.98 Å². The minimum Gasteiger partial charge on any atom is -0.373 e. The molecule has 4 nitrogen and oxygen atoms in total. The summed E-state index contributed by atoms with van der Waals surface area (Å²) in [6.07, 6.45) is 7.18. The van der Waals surface area contributed by atoms with E-state index in [1.165, 1.54) is 25.7 Å². The Morgan fingerprint density at radius 1 is 1.45 bits per heavy atom. The Balaban J connectivity index is 1.64. The van der Waals surface area contributed by atoms with Crippen molar-refractivity contribution in [2.45, 2.75) is 25.7 Å². The Kier molecular flexibility index (Phi) is 3.64. The molecule has 3 unspecified atom stereocenters. The smallest absolute Gasteiger partial charge is 0.253 e. The summed E-state index contributed by atoms with van der Waals surface area (Å²) >= 11 is 0. The first kappa shape index (κ1) is 13.4. The van der Waals surface area contributed by atoms with Crippen molar-refractivity contribution in [2.75, 3.05) is 26.0 Å². The zero-order valence-electron chi connectivity index (χ0n) is 12.3. The summed E-state index contributed by atoms with van der Waals surface area (Å²) in [5, 5.41) is 2.97. The molecule has 2 bridgehead atoms. The van der Waals surface area contributed by atoms with E-state index in [4.69, 9.17) is 0 Å². The summed E-state index contributed by atoms with van der Waals surface area (Å²) < 4.78 is 0. The van der Waals surface area contributed by atoms with Crippen LogP contribution in [0, 0.1) is 17.8 Å². The summed E-state index contributed by atoms with van der Waals surface area (Å²) in [6.45, 7) is 0.900. The third-order valence-corrected chi connectivity index (χ3v) is 5.00. The van der Waals surface area contributed by atoms with E-state index in [-0.39, 0.29) is 5.91 Å². The molecule has 108 valence electrons. The fraction of sp³-hybridized carbons (Fsp3) is 0.625. The van der Waals surface area contributed by atoms with Crippen LogP contribution in [0.4, 0.5) is 5.82 Å². The van der Waals surface area contributed by atoms with Crippen molar-refractivity contribution >= 4 is 11.7 Å². The van der Waals surface area contributed by atoms with Crippen molar-refractivity contribution in [3.63, 3.8) is 0 Å². The van der Waals surface area contributed by atoms with Gasteiger partial charge in [-0.3, -0.25) is 4.79 Å². The molecule has 4 heteroatoms. The van der Waals surface area contributed by atoms with E-state index >= 15 is 0 Å². The molecule has 0 radical (unpaired) electrons. The maximum absolute atomic E-state index is 12.5. The summed E-state index contributed by atoms with van der Waals surface area (Å²) in [5.74, 6) is 3.36. The Morgan fingerprint density at radius 3 is 2.95 bits per heavy atom. The third-order valence-electron chi connectivity index (χ3n) is 5.00. The number of hydrogen-bond donors (Lipinski definition) is 1. The lowest BCUT2D eigenvalue weighted by Gasteiger charge is -2.27. The Hall–Kier alpha value is -1.58. The quantitative estimate of drug-likeness (QED) is 0.917. The molecule has 2 saturated carbocycles. The number of carbonyl (C=O) groups excluding carboxylic acids is 1. The molecular weight excluding hydrogens is 250 g/mol. The second-order valence-electron chi connectivity index (χ2n) is 6.30. The summed E-state index contributed by atoms with van der Waals surface area (Å²) in [6, 6.07) is 3.61. The molecule has 2 aliphatic rings. The lowest BCUT2D eigenvalue weighted by atomic mass is 9.88. The molecule has 2 fully saturated rings. The Labute approximate surface area is 120 Å². The van der Waals surface area contributed by atoms with E-state index in [9.17, 15) is 4.79 Å². The van der Waals surface area contributed by atoms with Crippen molar-refractivity contribution in [3.05, 3.63) is 23.9 Å². The van der Waals surface area contributed by atoms with Gasteiger partial charge < -0.3 is 10.2 Å². The first-order valence-corrected chi connectivity index (χ1v) is 7.56. The number of aromatic nitrogens is 1. The van der Waals surface area contributed by atoms with Crippen molar-refractivity contribution in [2.24, 2.45) is 17.8 Å². The van der Waals surface area contributed by atoms with E-state index < -0.39 is 0 Å². The van der Waals surface area contributed by atoms with E-state index in [1.807, 2.05) is 25.1 Å². The van der Waals surface area contributed by atoms with Crippen LogP contribution in [0.25, 0.3) is 0 Å². The molecule has 1 amide bonds. The highest BCUT2D eigenvalue weighted by Crippen LogP contribution is 2.48. The van der Waals surface area contributed by atoms with Crippen LogP contribution in [0.3, 0.4) is 0 Å². The molecule has 3 atom stereocenters. The van der Waals surface area contributed by atoms with Gasteiger partial charge in [-0.2, -0.15) is 0 Å². The molecule has 0 aliphatic heterocycles. The third kappa shape index (κ3) is 2.51. The molecule has 1 aromatic heterocycles. The van der Waals surface area contributed by atoms with Crippen LogP contribution in [0.2, 0.25) is 0 Å². The largest absolute Gasteiger partial charge is 0.373 e. The first-order chi connectivity index (χ1) is 9.67. The molecule has 0 spiro atoms. The summed E-state index contributed by atoms with van der Waals surface area (Å²) in [4.78, 5) is 18.5.